The van der Waals surface area contributed by atoms with E-state index in [4.69, 9.17) is 18.9 Å². The predicted molar refractivity (Wildman–Crippen MR) is 143 cm³/mol. The van der Waals surface area contributed by atoms with Gasteiger partial charge in [0, 0.05) is 17.8 Å². The zero-order chi connectivity index (χ0) is 30.0. The Bertz CT molecular complexity index is 1080. The number of rotatable bonds is 13. The molecule has 0 spiro atoms. The fourth-order valence-corrected chi connectivity index (χ4v) is 9.91. The maximum atomic E-state index is 12.2. The summed E-state index contributed by atoms with van der Waals surface area (Å²) in [5.41, 5.74) is -0.472. The van der Waals surface area contributed by atoms with Crippen LogP contribution in [0.3, 0.4) is 0 Å². The highest BCUT2D eigenvalue weighted by Gasteiger charge is 2.67. The Balaban J connectivity index is 1.54. The Kier molecular flexibility index (Phi) is 9.72. The molecule has 4 aliphatic carbocycles. The van der Waals surface area contributed by atoms with E-state index < -0.39 is 33.9 Å². The van der Waals surface area contributed by atoms with Crippen LogP contribution in [0.25, 0.3) is 0 Å². The van der Waals surface area contributed by atoms with Crippen molar-refractivity contribution < 1.29 is 51.1 Å². The Morgan fingerprint density at radius 3 is 2.34 bits per heavy atom. The fourth-order valence-electron chi connectivity index (χ4n) is 9.62. The summed E-state index contributed by atoms with van der Waals surface area (Å²) in [4.78, 5) is 46.8. The van der Waals surface area contributed by atoms with E-state index in [2.05, 4.69) is 20.8 Å². The highest BCUT2D eigenvalue weighted by Crippen LogP contribution is 2.69. The highest BCUT2D eigenvalue weighted by molar-refractivity contribution is 7.85. The van der Waals surface area contributed by atoms with Crippen LogP contribution in [0.5, 0.6) is 0 Å². The number of hydrogen-bond donors (Lipinski definition) is 0. The lowest BCUT2D eigenvalue weighted by Gasteiger charge is -2.64. The van der Waals surface area contributed by atoms with Crippen LogP contribution >= 0.6 is 0 Å². The van der Waals surface area contributed by atoms with Gasteiger partial charge in [-0.3, -0.25) is 19.2 Å². The number of fused-ring (bicyclic) bond motifs is 5. The van der Waals surface area contributed by atoms with Gasteiger partial charge in [-0.2, -0.15) is 0 Å². The number of carbonyl (C=O) groups excluding carboxylic acids is 4. The molecular formula is C29H43O11S-. The lowest BCUT2D eigenvalue weighted by Crippen LogP contribution is -2.63. The van der Waals surface area contributed by atoms with Crippen LogP contribution in [0, 0.1) is 46.3 Å². The number of ether oxygens (including phenoxy) is 4. The summed E-state index contributed by atoms with van der Waals surface area (Å²) in [5, 5.41) is 0. The Morgan fingerprint density at radius 1 is 0.976 bits per heavy atom. The third kappa shape index (κ3) is 6.28. The van der Waals surface area contributed by atoms with E-state index in [0.717, 1.165) is 32.1 Å². The van der Waals surface area contributed by atoms with Gasteiger partial charge in [-0.15, -0.1) is 0 Å². The Morgan fingerprint density at radius 2 is 1.68 bits per heavy atom. The van der Waals surface area contributed by atoms with Crippen LogP contribution in [0.1, 0.15) is 78.6 Å². The third-order valence-electron chi connectivity index (χ3n) is 11.5. The predicted octanol–water partition coefficient (Wildman–Crippen LogP) is 2.99. The van der Waals surface area contributed by atoms with Gasteiger partial charge < -0.3 is 23.5 Å². The van der Waals surface area contributed by atoms with Crippen molar-refractivity contribution in [2.75, 3.05) is 12.4 Å². The van der Waals surface area contributed by atoms with Gasteiger partial charge in [-0.1, -0.05) is 20.8 Å². The van der Waals surface area contributed by atoms with Crippen molar-refractivity contribution in [1.82, 2.24) is 0 Å². The molecular weight excluding hydrogens is 556 g/mol. The third-order valence-corrected chi connectivity index (χ3v) is 12.2. The second-order valence-corrected chi connectivity index (χ2v) is 14.7. The zero-order valence-corrected chi connectivity index (χ0v) is 24.9. The van der Waals surface area contributed by atoms with Crippen molar-refractivity contribution >= 4 is 35.5 Å². The molecule has 11 atom stereocenters. The fraction of sp³-hybridized carbons (Fsp3) is 0.862. The van der Waals surface area contributed by atoms with Gasteiger partial charge in [0.15, 0.2) is 0 Å². The van der Waals surface area contributed by atoms with E-state index in [1.54, 1.807) is 0 Å². The summed E-state index contributed by atoms with van der Waals surface area (Å²) >= 11 is 0. The minimum atomic E-state index is -4.46. The van der Waals surface area contributed by atoms with Crippen LogP contribution < -0.4 is 0 Å². The van der Waals surface area contributed by atoms with Gasteiger partial charge in [0.05, 0.1) is 15.9 Å². The van der Waals surface area contributed by atoms with Crippen LogP contribution in [-0.4, -0.2) is 69.0 Å². The van der Waals surface area contributed by atoms with Crippen molar-refractivity contribution in [3.8, 4) is 0 Å². The molecule has 0 amide bonds. The van der Waals surface area contributed by atoms with Crippen LogP contribution in [0.15, 0.2) is 0 Å². The first kappa shape index (κ1) is 31.7. The van der Waals surface area contributed by atoms with Gasteiger partial charge in [-0.05, 0) is 86.4 Å². The SMILES string of the molecule is C[C@H](CCC(=O)OCCS(=O)(=O)[O-])[C@H]1CC[C@H]2[C@@H]3C(OC=O)CC4CC(OC=O)CC[C@]4(C)[C@H]3CC(OC=O)[C@]12C. The Labute approximate surface area is 242 Å². The standard InChI is InChI=1S/C29H44O11S/c1-18(4-7-26(33)37-10-11-41(34,35)36)21-5-6-22-27-23(14-25(40-17-32)29(21,22)3)28(2)9-8-20(38-15-30)12-19(28)13-24(27)39-16-31/h15-25,27H,4-14H2,1-3H3,(H,34,35,36)/p-1/t18-,19?,20?,21-,22+,23+,24?,25?,27+,28+,29-/m1/s1. The smallest absolute Gasteiger partial charge is 0.305 e. The average Bonchev–Trinajstić information content (AvgIpc) is 3.26. The molecule has 0 radical (unpaired) electrons. The van der Waals surface area contributed by atoms with Crippen molar-refractivity contribution in [2.24, 2.45) is 46.3 Å². The zero-order valence-electron chi connectivity index (χ0n) is 24.1. The van der Waals surface area contributed by atoms with E-state index in [-0.39, 0.29) is 65.7 Å². The molecule has 0 N–H and O–H groups in total. The molecule has 12 heteroatoms. The molecule has 232 valence electrons. The van der Waals surface area contributed by atoms with E-state index in [0.29, 0.717) is 38.7 Å². The number of carbonyl (C=O) groups is 4. The van der Waals surface area contributed by atoms with Crippen molar-refractivity contribution in [2.45, 2.75) is 96.9 Å². The maximum Gasteiger partial charge on any atom is 0.305 e. The maximum absolute atomic E-state index is 12.2. The minimum Gasteiger partial charge on any atom is -0.748 e. The summed E-state index contributed by atoms with van der Waals surface area (Å²) in [6, 6.07) is 0. The molecule has 4 saturated carbocycles. The number of esters is 1. The van der Waals surface area contributed by atoms with E-state index in [1.165, 1.54) is 0 Å². The molecule has 0 bridgehead atoms. The summed E-state index contributed by atoms with van der Waals surface area (Å²) < 4.78 is 54.3. The van der Waals surface area contributed by atoms with E-state index in [9.17, 15) is 32.1 Å². The van der Waals surface area contributed by atoms with Gasteiger partial charge in [0.2, 0.25) is 0 Å². The minimum absolute atomic E-state index is 0.0726. The second-order valence-electron chi connectivity index (χ2n) is 13.1. The molecule has 0 saturated heterocycles. The molecule has 0 aromatic rings. The molecule has 4 rings (SSSR count). The normalized spacial score (nSPS) is 40.6. The lowest BCUT2D eigenvalue weighted by molar-refractivity contribution is -0.218. The molecule has 0 aromatic heterocycles. The summed E-state index contributed by atoms with van der Waals surface area (Å²) in [6.45, 7) is 7.67. The van der Waals surface area contributed by atoms with Crippen molar-refractivity contribution in [1.29, 1.82) is 0 Å². The van der Waals surface area contributed by atoms with Gasteiger partial charge in [-0.25, -0.2) is 8.42 Å². The lowest BCUT2D eigenvalue weighted by atomic mass is 9.43. The highest BCUT2D eigenvalue weighted by atomic mass is 32.2. The van der Waals surface area contributed by atoms with Gasteiger partial charge >= 0.3 is 5.97 Å². The first-order valence-corrected chi connectivity index (χ1v) is 16.3. The topological polar surface area (TPSA) is 162 Å². The molecule has 0 aromatic carbocycles. The van der Waals surface area contributed by atoms with Crippen molar-refractivity contribution in [3.63, 3.8) is 0 Å². The van der Waals surface area contributed by atoms with Gasteiger partial charge in [0.1, 0.15) is 24.9 Å². The molecule has 4 aliphatic rings. The first-order valence-electron chi connectivity index (χ1n) is 14.8. The monoisotopic (exact) mass is 599 g/mol. The van der Waals surface area contributed by atoms with E-state index >= 15 is 0 Å². The van der Waals surface area contributed by atoms with Crippen molar-refractivity contribution in [3.05, 3.63) is 0 Å². The van der Waals surface area contributed by atoms with E-state index in [1.807, 2.05) is 0 Å². The van der Waals surface area contributed by atoms with Gasteiger partial charge in [0.25, 0.3) is 19.4 Å². The average molecular weight is 600 g/mol. The summed E-state index contributed by atoms with van der Waals surface area (Å²) in [7, 11) is -4.46. The summed E-state index contributed by atoms with van der Waals surface area (Å²) in [6.07, 6.45) is 5.28. The quantitative estimate of drug-likeness (QED) is 0.132. The first-order chi connectivity index (χ1) is 19.4. The molecule has 0 heterocycles. The second kappa shape index (κ2) is 12.6. The molecule has 11 nitrogen and oxygen atoms in total. The molecule has 41 heavy (non-hydrogen) atoms. The van der Waals surface area contributed by atoms with Crippen LogP contribution in [0.4, 0.5) is 0 Å². The Hall–Kier alpha value is -2.21. The molecule has 4 fully saturated rings. The van der Waals surface area contributed by atoms with Crippen LogP contribution in [-0.2, 0) is 48.2 Å². The molecule has 4 unspecified atom stereocenters. The largest absolute Gasteiger partial charge is 0.748 e. The molecule has 0 aliphatic heterocycles. The summed E-state index contributed by atoms with van der Waals surface area (Å²) in [5.74, 6) is -0.504. The number of hydrogen-bond acceptors (Lipinski definition) is 11. The van der Waals surface area contributed by atoms with Crippen LogP contribution in [0.2, 0.25) is 0 Å².